The van der Waals surface area contributed by atoms with Gasteiger partial charge in [0.15, 0.2) is 5.22 Å². The number of furan rings is 1. The maximum absolute atomic E-state index is 5.85. The molecule has 2 aromatic rings. The Kier molecular flexibility index (Phi) is 4.11. The van der Waals surface area contributed by atoms with Crippen molar-refractivity contribution in [2.75, 3.05) is 7.05 Å². The Hall–Kier alpha value is -0.960. The maximum atomic E-state index is 5.85. The lowest BCUT2D eigenvalue weighted by atomic mass is 10.0. The number of nitrogens with one attached hydrogen (secondary N) is 1. The average Bonchev–Trinajstić information content (AvgIpc) is 2.75. The Morgan fingerprint density at radius 1 is 1.12 bits per heavy atom. The molecule has 1 atom stereocenters. The van der Waals surface area contributed by atoms with Crippen LogP contribution in [0.3, 0.4) is 0 Å². The van der Waals surface area contributed by atoms with Crippen LogP contribution in [0.4, 0.5) is 0 Å². The van der Waals surface area contributed by atoms with Gasteiger partial charge < -0.3 is 9.73 Å². The molecule has 0 bridgehead atoms. The monoisotopic (exact) mass is 269 g/mol. The van der Waals surface area contributed by atoms with E-state index in [2.05, 4.69) is 5.32 Å². The summed E-state index contributed by atoms with van der Waals surface area (Å²) in [5.41, 5.74) is 1.20. The first-order chi connectivity index (χ1) is 8.19. The number of likely N-dealkylation sites (N-methyl/N-ethyl adjacent to an activating group) is 1. The van der Waals surface area contributed by atoms with Crippen molar-refractivity contribution in [3.8, 4) is 0 Å². The van der Waals surface area contributed by atoms with Crippen molar-refractivity contribution in [1.29, 1.82) is 0 Å². The standard InChI is InChI=1S/C13H13Cl2NO/c1-16-11(12-6-7-13(15)17-12)8-9-2-4-10(14)5-3-9/h2-7,11,16H,8H2,1H3. The second-order valence-corrected chi connectivity index (χ2v) is 4.62. The highest BCUT2D eigenvalue weighted by Gasteiger charge is 2.13. The minimum Gasteiger partial charge on any atom is -0.448 e. The number of halogens is 2. The summed E-state index contributed by atoms with van der Waals surface area (Å²) >= 11 is 11.6. The predicted octanol–water partition coefficient (Wildman–Crippen LogP) is 4.09. The zero-order valence-electron chi connectivity index (χ0n) is 9.41. The quantitative estimate of drug-likeness (QED) is 0.905. The summed E-state index contributed by atoms with van der Waals surface area (Å²) in [4.78, 5) is 0. The minimum absolute atomic E-state index is 0.115. The maximum Gasteiger partial charge on any atom is 0.193 e. The van der Waals surface area contributed by atoms with Crippen LogP contribution in [0.2, 0.25) is 10.2 Å². The molecule has 1 N–H and O–H groups in total. The summed E-state index contributed by atoms with van der Waals surface area (Å²) < 4.78 is 5.41. The summed E-state index contributed by atoms with van der Waals surface area (Å²) in [6, 6.07) is 11.6. The fraction of sp³-hybridized carbons (Fsp3) is 0.231. The zero-order valence-corrected chi connectivity index (χ0v) is 10.9. The van der Waals surface area contributed by atoms with Gasteiger partial charge >= 0.3 is 0 Å². The van der Waals surface area contributed by atoms with E-state index in [0.717, 1.165) is 17.2 Å². The SMILES string of the molecule is CNC(Cc1ccc(Cl)cc1)c1ccc(Cl)o1. The highest BCUT2D eigenvalue weighted by molar-refractivity contribution is 6.30. The van der Waals surface area contributed by atoms with Crippen LogP contribution in [0.5, 0.6) is 0 Å². The van der Waals surface area contributed by atoms with Crippen molar-refractivity contribution in [3.05, 3.63) is 58.0 Å². The molecule has 0 fully saturated rings. The van der Waals surface area contributed by atoms with Gasteiger partial charge in [-0.15, -0.1) is 0 Å². The topological polar surface area (TPSA) is 25.2 Å². The van der Waals surface area contributed by atoms with E-state index in [1.54, 1.807) is 6.07 Å². The number of rotatable bonds is 4. The number of hydrogen-bond donors (Lipinski definition) is 1. The lowest BCUT2D eigenvalue weighted by Crippen LogP contribution is -2.18. The van der Waals surface area contributed by atoms with Gasteiger partial charge in [0.25, 0.3) is 0 Å². The van der Waals surface area contributed by atoms with Gasteiger partial charge in [-0.3, -0.25) is 0 Å². The fourth-order valence-electron chi connectivity index (χ4n) is 1.72. The van der Waals surface area contributed by atoms with Crippen LogP contribution in [0.25, 0.3) is 0 Å². The normalized spacial score (nSPS) is 12.6. The third kappa shape index (κ3) is 3.25. The fourth-order valence-corrected chi connectivity index (χ4v) is 1.99. The summed E-state index contributed by atoms with van der Waals surface area (Å²) in [6.07, 6.45) is 0.831. The molecule has 0 amide bonds. The first-order valence-corrected chi connectivity index (χ1v) is 6.11. The van der Waals surface area contributed by atoms with Gasteiger partial charge in [-0.05, 0) is 54.9 Å². The molecule has 1 heterocycles. The summed E-state index contributed by atoms with van der Waals surface area (Å²) in [5, 5.41) is 4.37. The third-order valence-corrected chi connectivity index (χ3v) is 3.09. The molecular formula is C13H13Cl2NO. The van der Waals surface area contributed by atoms with Crippen molar-refractivity contribution >= 4 is 23.2 Å². The van der Waals surface area contributed by atoms with E-state index in [0.29, 0.717) is 5.22 Å². The van der Waals surface area contributed by atoms with Gasteiger partial charge in [-0.1, -0.05) is 23.7 Å². The largest absolute Gasteiger partial charge is 0.448 e. The van der Waals surface area contributed by atoms with Gasteiger partial charge in [-0.25, -0.2) is 0 Å². The number of benzene rings is 1. The lowest BCUT2D eigenvalue weighted by Gasteiger charge is -2.13. The first-order valence-electron chi connectivity index (χ1n) is 5.36. The van der Waals surface area contributed by atoms with E-state index in [-0.39, 0.29) is 6.04 Å². The van der Waals surface area contributed by atoms with Crippen LogP contribution in [-0.4, -0.2) is 7.05 Å². The van der Waals surface area contributed by atoms with Crippen molar-refractivity contribution in [2.45, 2.75) is 12.5 Å². The molecule has 0 saturated heterocycles. The van der Waals surface area contributed by atoms with Crippen molar-refractivity contribution in [3.63, 3.8) is 0 Å². The molecule has 0 aliphatic carbocycles. The Balaban J connectivity index is 2.12. The molecule has 17 heavy (non-hydrogen) atoms. The van der Waals surface area contributed by atoms with Crippen LogP contribution in [0.15, 0.2) is 40.8 Å². The predicted molar refractivity (Wildman–Crippen MR) is 70.7 cm³/mol. The van der Waals surface area contributed by atoms with Crippen molar-refractivity contribution in [1.82, 2.24) is 5.32 Å². The van der Waals surface area contributed by atoms with E-state index < -0.39 is 0 Å². The van der Waals surface area contributed by atoms with Crippen molar-refractivity contribution < 1.29 is 4.42 Å². The highest BCUT2D eigenvalue weighted by atomic mass is 35.5. The van der Waals surface area contributed by atoms with E-state index >= 15 is 0 Å². The molecule has 0 spiro atoms. The van der Waals surface area contributed by atoms with Crippen LogP contribution in [0, 0.1) is 0 Å². The van der Waals surface area contributed by atoms with Gasteiger partial charge in [0, 0.05) is 5.02 Å². The number of hydrogen-bond acceptors (Lipinski definition) is 2. The molecule has 1 aromatic carbocycles. The third-order valence-electron chi connectivity index (χ3n) is 2.64. The highest BCUT2D eigenvalue weighted by Crippen LogP contribution is 2.23. The summed E-state index contributed by atoms with van der Waals surface area (Å²) in [7, 11) is 1.90. The molecule has 1 aromatic heterocycles. The molecule has 0 saturated carbocycles. The second kappa shape index (κ2) is 5.58. The molecule has 0 aliphatic heterocycles. The van der Waals surface area contributed by atoms with Crippen LogP contribution in [0.1, 0.15) is 17.4 Å². The van der Waals surface area contributed by atoms with E-state index in [1.165, 1.54) is 5.56 Å². The Bertz CT molecular complexity index is 478. The van der Waals surface area contributed by atoms with Gasteiger partial charge in [0.1, 0.15) is 5.76 Å². The molecule has 90 valence electrons. The summed E-state index contributed by atoms with van der Waals surface area (Å²) in [5.74, 6) is 0.840. The second-order valence-electron chi connectivity index (χ2n) is 3.81. The Morgan fingerprint density at radius 3 is 2.35 bits per heavy atom. The Labute approximate surface area is 111 Å². The van der Waals surface area contributed by atoms with Gasteiger partial charge in [0.2, 0.25) is 0 Å². The molecule has 0 radical (unpaired) electrons. The minimum atomic E-state index is 0.115. The molecule has 2 nitrogen and oxygen atoms in total. The molecule has 0 aliphatic rings. The van der Waals surface area contributed by atoms with E-state index in [1.807, 2.05) is 37.4 Å². The van der Waals surface area contributed by atoms with Crippen LogP contribution >= 0.6 is 23.2 Å². The smallest absolute Gasteiger partial charge is 0.193 e. The van der Waals surface area contributed by atoms with Crippen molar-refractivity contribution in [2.24, 2.45) is 0 Å². The molecule has 2 rings (SSSR count). The van der Waals surface area contributed by atoms with Gasteiger partial charge in [-0.2, -0.15) is 0 Å². The summed E-state index contributed by atoms with van der Waals surface area (Å²) in [6.45, 7) is 0. The lowest BCUT2D eigenvalue weighted by molar-refractivity contribution is 0.430. The molecule has 4 heteroatoms. The van der Waals surface area contributed by atoms with E-state index in [4.69, 9.17) is 27.6 Å². The molecule has 1 unspecified atom stereocenters. The zero-order chi connectivity index (χ0) is 12.3. The molecular weight excluding hydrogens is 257 g/mol. The van der Waals surface area contributed by atoms with Crippen LogP contribution in [-0.2, 0) is 6.42 Å². The van der Waals surface area contributed by atoms with Gasteiger partial charge in [0.05, 0.1) is 6.04 Å². The first kappa shape index (κ1) is 12.5. The van der Waals surface area contributed by atoms with E-state index in [9.17, 15) is 0 Å². The average molecular weight is 270 g/mol. The Morgan fingerprint density at radius 2 is 1.82 bits per heavy atom. The van der Waals surface area contributed by atoms with Crippen LogP contribution < -0.4 is 5.32 Å².